The van der Waals surface area contributed by atoms with Crippen LogP contribution < -0.4 is 0 Å². The Kier molecular flexibility index (Phi) is 2.72. The van der Waals surface area contributed by atoms with Crippen molar-refractivity contribution in [1.29, 1.82) is 0 Å². The maximum absolute atomic E-state index is 12.0. The first-order chi connectivity index (χ1) is 6.00. The number of hydrogen-bond donors (Lipinski definition) is 0. The second-order valence-electron chi connectivity index (χ2n) is 2.13. The molecule has 0 aliphatic rings. The summed E-state index contributed by atoms with van der Waals surface area (Å²) in [5.74, 6) is 0. The van der Waals surface area contributed by atoms with Gasteiger partial charge in [-0.1, -0.05) is 11.6 Å². The van der Waals surface area contributed by atoms with Crippen LogP contribution >= 0.6 is 11.6 Å². The Morgan fingerprint density at radius 2 is 2.15 bits per heavy atom. The highest BCUT2D eigenvalue weighted by Crippen LogP contribution is 2.24. The fourth-order valence-electron chi connectivity index (χ4n) is 0.720. The third-order valence-electron chi connectivity index (χ3n) is 1.23. The molecule has 0 N–H and O–H groups in total. The van der Waals surface area contributed by atoms with Crippen molar-refractivity contribution in [3.63, 3.8) is 0 Å². The van der Waals surface area contributed by atoms with Crippen LogP contribution in [-0.2, 0) is 0 Å². The Labute approximate surface area is 76.3 Å². The Morgan fingerprint density at radius 1 is 1.54 bits per heavy atom. The van der Waals surface area contributed by atoms with Gasteiger partial charge in [0.25, 0.3) is 12.1 Å². The largest absolute Gasteiger partial charge is 0.280 e. The van der Waals surface area contributed by atoms with Crippen molar-refractivity contribution in [2.45, 2.75) is 6.43 Å². The molecule has 0 spiro atoms. The molecule has 70 valence electrons. The summed E-state index contributed by atoms with van der Waals surface area (Å²) in [4.78, 5) is 12.6. The average molecular weight is 209 g/mol. The van der Waals surface area contributed by atoms with E-state index in [4.69, 9.17) is 11.6 Å². The molecule has 0 saturated heterocycles. The first kappa shape index (κ1) is 9.79. The number of hydrogen-bond acceptors (Lipinski definition) is 3. The minimum atomic E-state index is -2.86. The van der Waals surface area contributed by atoms with Crippen LogP contribution in [0.25, 0.3) is 0 Å². The number of pyridine rings is 1. The molecule has 13 heavy (non-hydrogen) atoms. The molecule has 0 fully saturated rings. The van der Waals surface area contributed by atoms with Gasteiger partial charge in [-0.05, 0) is 0 Å². The van der Waals surface area contributed by atoms with Crippen molar-refractivity contribution in [1.82, 2.24) is 4.98 Å². The molecular weight excluding hydrogens is 206 g/mol. The van der Waals surface area contributed by atoms with E-state index in [0.29, 0.717) is 6.07 Å². The minimum Gasteiger partial charge on any atom is -0.258 e. The van der Waals surface area contributed by atoms with E-state index in [2.05, 4.69) is 4.98 Å². The quantitative estimate of drug-likeness (QED) is 0.426. The first-order valence-electron chi connectivity index (χ1n) is 3.10. The summed E-state index contributed by atoms with van der Waals surface area (Å²) < 4.78 is 24.1. The smallest absolute Gasteiger partial charge is 0.258 e. The number of halogens is 3. The zero-order chi connectivity index (χ0) is 10.0. The van der Waals surface area contributed by atoms with E-state index in [1.165, 1.54) is 0 Å². The van der Waals surface area contributed by atoms with Crippen LogP contribution in [0.15, 0.2) is 12.1 Å². The molecule has 0 radical (unpaired) electrons. The van der Waals surface area contributed by atoms with Gasteiger partial charge < -0.3 is 0 Å². The van der Waals surface area contributed by atoms with Gasteiger partial charge in [0, 0.05) is 6.07 Å². The van der Waals surface area contributed by atoms with Crippen molar-refractivity contribution in [3.8, 4) is 0 Å². The summed E-state index contributed by atoms with van der Waals surface area (Å²) in [5.41, 5.74) is -1.19. The summed E-state index contributed by atoms with van der Waals surface area (Å²) in [6.45, 7) is 0. The van der Waals surface area contributed by atoms with E-state index in [1.54, 1.807) is 0 Å². The van der Waals surface area contributed by atoms with Crippen molar-refractivity contribution < 1.29 is 13.7 Å². The van der Waals surface area contributed by atoms with Gasteiger partial charge in [0.05, 0.1) is 11.0 Å². The van der Waals surface area contributed by atoms with E-state index in [-0.39, 0.29) is 5.15 Å². The Hall–Kier alpha value is -1.30. The lowest BCUT2D eigenvalue weighted by Gasteiger charge is -1.98. The van der Waals surface area contributed by atoms with Crippen LogP contribution in [0.5, 0.6) is 0 Å². The van der Waals surface area contributed by atoms with Gasteiger partial charge in [0.2, 0.25) is 0 Å². The fourth-order valence-corrected chi connectivity index (χ4v) is 0.930. The van der Waals surface area contributed by atoms with Gasteiger partial charge in [-0.2, -0.15) is 0 Å². The highest BCUT2D eigenvalue weighted by molar-refractivity contribution is 6.29. The minimum absolute atomic E-state index is 0.315. The van der Waals surface area contributed by atoms with Crippen molar-refractivity contribution in [2.24, 2.45) is 0 Å². The number of nitro groups is 1. The fraction of sp³-hybridized carbons (Fsp3) is 0.167. The lowest BCUT2D eigenvalue weighted by Crippen LogP contribution is -1.94. The third kappa shape index (κ3) is 2.32. The lowest BCUT2D eigenvalue weighted by atomic mass is 10.3. The molecule has 0 aromatic carbocycles. The summed E-state index contributed by atoms with van der Waals surface area (Å²) >= 11 is 5.29. The molecule has 0 unspecified atom stereocenters. The maximum Gasteiger partial charge on any atom is 0.280 e. The van der Waals surface area contributed by atoms with Crippen LogP contribution in [0.2, 0.25) is 5.15 Å². The summed E-state index contributed by atoms with van der Waals surface area (Å²) in [7, 11) is 0. The zero-order valence-electron chi connectivity index (χ0n) is 6.08. The van der Waals surface area contributed by atoms with Crippen molar-refractivity contribution >= 4 is 17.3 Å². The number of nitrogens with zero attached hydrogens (tertiary/aromatic N) is 2. The van der Waals surface area contributed by atoms with Gasteiger partial charge in [-0.25, -0.2) is 13.8 Å². The average Bonchev–Trinajstić information content (AvgIpc) is 2.03. The maximum atomic E-state index is 12.0. The Bertz CT molecular complexity index is 345. The van der Waals surface area contributed by atoms with E-state index < -0.39 is 22.7 Å². The standard InChI is InChI=1S/C6H3ClF2N2O2/c7-5-2-3(11(12)13)1-4(10-5)6(8)9/h1-2,6H. The summed E-state index contributed by atoms with van der Waals surface area (Å²) in [6, 6.07) is 1.60. The molecule has 1 aromatic heterocycles. The molecular formula is C6H3ClF2N2O2. The highest BCUT2D eigenvalue weighted by atomic mass is 35.5. The van der Waals surface area contributed by atoms with Crippen LogP contribution in [0, 0.1) is 10.1 Å². The van der Waals surface area contributed by atoms with Gasteiger partial charge >= 0.3 is 0 Å². The Balaban J connectivity index is 3.19. The second kappa shape index (κ2) is 3.61. The first-order valence-corrected chi connectivity index (χ1v) is 3.48. The van der Waals surface area contributed by atoms with E-state index in [9.17, 15) is 18.9 Å². The highest BCUT2D eigenvalue weighted by Gasteiger charge is 2.16. The van der Waals surface area contributed by atoms with Crippen LogP contribution in [0.1, 0.15) is 12.1 Å². The lowest BCUT2D eigenvalue weighted by molar-refractivity contribution is -0.385. The molecule has 0 bridgehead atoms. The second-order valence-corrected chi connectivity index (χ2v) is 2.52. The topological polar surface area (TPSA) is 56.0 Å². The molecule has 1 aromatic rings. The van der Waals surface area contributed by atoms with Gasteiger partial charge in [-0.15, -0.1) is 0 Å². The Morgan fingerprint density at radius 3 is 2.62 bits per heavy atom. The third-order valence-corrected chi connectivity index (χ3v) is 1.43. The number of rotatable bonds is 2. The number of aromatic nitrogens is 1. The molecule has 1 rings (SSSR count). The van der Waals surface area contributed by atoms with Crippen molar-refractivity contribution in [2.75, 3.05) is 0 Å². The summed E-state index contributed by atoms with van der Waals surface area (Å²) in [6.07, 6.45) is -2.86. The SMILES string of the molecule is O=[N+]([O-])c1cc(Cl)nc(C(F)F)c1. The van der Waals surface area contributed by atoms with Crippen LogP contribution in [0.4, 0.5) is 14.5 Å². The van der Waals surface area contributed by atoms with Gasteiger partial charge in [0.1, 0.15) is 10.8 Å². The molecule has 0 aliphatic carbocycles. The molecule has 4 nitrogen and oxygen atoms in total. The van der Waals surface area contributed by atoms with Crippen LogP contribution in [0.3, 0.4) is 0 Å². The van der Waals surface area contributed by atoms with Gasteiger partial charge in [0.15, 0.2) is 0 Å². The zero-order valence-corrected chi connectivity index (χ0v) is 6.83. The number of alkyl halides is 2. The molecule has 0 atom stereocenters. The predicted molar refractivity (Wildman–Crippen MR) is 40.9 cm³/mol. The monoisotopic (exact) mass is 208 g/mol. The van der Waals surface area contributed by atoms with E-state index in [0.717, 1.165) is 6.07 Å². The molecule has 0 amide bonds. The predicted octanol–water partition coefficient (Wildman–Crippen LogP) is 2.58. The van der Waals surface area contributed by atoms with E-state index in [1.807, 2.05) is 0 Å². The molecule has 1 heterocycles. The van der Waals surface area contributed by atoms with E-state index >= 15 is 0 Å². The molecule has 7 heteroatoms. The van der Waals surface area contributed by atoms with Gasteiger partial charge in [-0.3, -0.25) is 10.1 Å². The molecule has 0 saturated carbocycles. The summed E-state index contributed by atoms with van der Waals surface area (Å²) in [5, 5.41) is 9.89. The normalized spacial score (nSPS) is 10.5. The molecule has 0 aliphatic heterocycles. The van der Waals surface area contributed by atoms with Crippen LogP contribution in [-0.4, -0.2) is 9.91 Å². The van der Waals surface area contributed by atoms with Crippen molar-refractivity contribution in [3.05, 3.63) is 33.1 Å².